The Kier molecular flexibility index (Phi) is 3.68. The van der Waals surface area contributed by atoms with Crippen molar-refractivity contribution in [3.8, 4) is 0 Å². The molecule has 0 bridgehead atoms. The molecular formula is C15H23N5O2. The van der Waals surface area contributed by atoms with Crippen LogP contribution in [0, 0.1) is 5.41 Å². The number of anilines is 1. The molecule has 2 aliphatic rings. The molecule has 7 heteroatoms. The summed E-state index contributed by atoms with van der Waals surface area (Å²) < 4.78 is 1.70. The maximum Gasteiger partial charge on any atom is 0.236 e. The van der Waals surface area contributed by atoms with Crippen molar-refractivity contribution in [1.82, 2.24) is 19.6 Å². The molecular weight excluding hydrogens is 282 g/mol. The highest BCUT2D eigenvalue weighted by Gasteiger charge is 2.52. The van der Waals surface area contributed by atoms with Gasteiger partial charge in [0.25, 0.3) is 0 Å². The molecule has 2 saturated heterocycles. The summed E-state index contributed by atoms with van der Waals surface area (Å²) in [5, 5.41) is 4.14. The molecule has 2 amide bonds. The molecule has 120 valence electrons. The Morgan fingerprint density at radius 1 is 1.36 bits per heavy atom. The van der Waals surface area contributed by atoms with Crippen LogP contribution in [0.1, 0.15) is 12.8 Å². The quantitative estimate of drug-likeness (QED) is 0.785. The van der Waals surface area contributed by atoms with Crippen LogP contribution in [0.15, 0.2) is 12.4 Å². The van der Waals surface area contributed by atoms with Gasteiger partial charge in [0.15, 0.2) is 0 Å². The fourth-order valence-electron chi connectivity index (χ4n) is 3.45. The summed E-state index contributed by atoms with van der Waals surface area (Å²) in [4.78, 5) is 30.6. The van der Waals surface area contributed by atoms with Gasteiger partial charge in [0, 0.05) is 32.9 Å². The van der Waals surface area contributed by atoms with E-state index in [-0.39, 0.29) is 11.8 Å². The molecule has 0 aromatic carbocycles. The number of aryl methyl sites for hydroxylation is 1. The lowest BCUT2D eigenvalue weighted by atomic mass is 9.85. The number of amides is 2. The summed E-state index contributed by atoms with van der Waals surface area (Å²) in [6.45, 7) is 2.34. The van der Waals surface area contributed by atoms with Crippen molar-refractivity contribution in [1.29, 1.82) is 0 Å². The zero-order valence-corrected chi connectivity index (χ0v) is 13.4. The van der Waals surface area contributed by atoms with E-state index >= 15 is 0 Å². The summed E-state index contributed by atoms with van der Waals surface area (Å²) in [5.41, 5.74) is 0.458. The summed E-state index contributed by atoms with van der Waals surface area (Å²) in [7, 11) is 5.61. The predicted molar refractivity (Wildman–Crippen MR) is 82.4 cm³/mol. The van der Waals surface area contributed by atoms with Crippen molar-refractivity contribution in [2.45, 2.75) is 12.8 Å². The summed E-state index contributed by atoms with van der Waals surface area (Å²) in [6, 6.07) is 0. The third kappa shape index (κ3) is 2.49. The van der Waals surface area contributed by atoms with Crippen LogP contribution in [0.2, 0.25) is 0 Å². The molecule has 0 saturated carbocycles. The number of likely N-dealkylation sites (tertiary alicyclic amines) is 1. The van der Waals surface area contributed by atoms with E-state index in [0.29, 0.717) is 26.2 Å². The minimum atomic E-state index is -0.391. The maximum absolute atomic E-state index is 12.9. The van der Waals surface area contributed by atoms with Crippen LogP contribution < -0.4 is 4.90 Å². The van der Waals surface area contributed by atoms with E-state index in [1.54, 1.807) is 10.9 Å². The van der Waals surface area contributed by atoms with Crippen LogP contribution in [0.25, 0.3) is 0 Å². The molecule has 2 aliphatic heterocycles. The largest absolute Gasteiger partial charge is 0.340 e. The van der Waals surface area contributed by atoms with Gasteiger partial charge in [-0.25, -0.2) is 0 Å². The number of rotatable bonds is 3. The highest BCUT2D eigenvalue weighted by molar-refractivity contribution is 6.00. The minimum Gasteiger partial charge on any atom is -0.340 e. The summed E-state index contributed by atoms with van der Waals surface area (Å²) in [6.07, 6.45) is 5.16. The molecule has 22 heavy (non-hydrogen) atoms. The second-order valence-electron chi connectivity index (χ2n) is 6.66. The van der Waals surface area contributed by atoms with Gasteiger partial charge in [-0.15, -0.1) is 0 Å². The Labute approximate surface area is 130 Å². The van der Waals surface area contributed by atoms with Crippen LogP contribution in [0.5, 0.6) is 0 Å². The lowest BCUT2D eigenvalue weighted by Crippen LogP contribution is -2.40. The summed E-state index contributed by atoms with van der Waals surface area (Å²) >= 11 is 0. The molecule has 1 aromatic heterocycles. The van der Waals surface area contributed by atoms with Crippen LogP contribution in [-0.4, -0.2) is 71.7 Å². The highest BCUT2D eigenvalue weighted by atomic mass is 16.2. The third-order valence-corrected chi connectivity index (χ3v) is 4.67. The van der Waals surface area contributed by atoms with Gasteiger partial charge in [0.1, 0.15) is 0 Å². The average Bonchev–Trinajstić information content (AvgIpc) is 3.12. The number of nitrogens with zero attached hydrogens (tertiary/aromatic N) is 5. The van der Waals surface area contributed by atoms with E-state index < -0.39 is 5.41 Å². The van der Waals surface area contributed by atoms with Gasteiger partial charge in [-0.1, -0.05) is 0 Å². The molecule has 1 atom stereocenters. The minimum absolute atomic E-state index is 0.106. The van der Waals surface area contributed by atoms with Gasteiger partial charge in [-0.05, 0) is 26.9 Å². The summed E-state index contributed by atoms with van der Waals surface area (Å²) in [5.74, 6) is 0.246. The van der Waals surface area contributed by atoms with Crippen molar-refractivity contribution in [2.24, 2.45) is 12.5 Å². The van der Waals surface area contributed by atoms with Gasteiger partial charge >= 0.3 is 0 Å². The standard InChI is InChI=1S/C15H23N5O2/c1-17(2)10-13(21)19-6-4-15(11-19)5-7-20(14(15)22)12-8-16-18(3)9-12/h8-9H,4-7,10-11H2,1-3H3/t15-/m0/s1. The molecule has 0 unspecified atom stereocenters. The molecule has 0 aliphatic carbocycles. The Balaban J connectivity index is 1.71. The molecule has 3 rings (SSSR count). The zero-order valence-electron chi connectivity index (χ0n) is 13.4. The number of carbonyl (C=O) groups is 2. The Hall–Kier alpha value is -1.89. The van der Waals surface area contributed by atoms with Gasteiger partial charge in [-0.3, -0.25) is 14.3 Å². The first-order chi connectivity index (χ1) is 10.4. The fourth-order valence-corrected chi connectivity index (χ4v) is 3.45. The molecule has 0 radical (unpaired) electrons. The van der Waals surface area contributed by atoms with Crippen molar-refractivity contribution in [2.75, 3.05) is 45.2 Å². The van der Waals surface area contributed by atoms with Crippen molar-refractivity contribution >= 4 is 17.5 Å². The first kappa shape index (κ1) is 15.0. The third-order valence-electron chi connectivity index (χ3n) is 4.67. The second-order valence-corrected chi connectivity index (χ2v) is 6.66. The lowest BCUT2D eigenvalue weighted by Gasteiger charge is -2.24. The number of carbonyl (C=O) groups excluding carboxylic acids is 2. The number of likely N-dealkylation sites (N-methyl/N-ethyl adjacent to an activating group) is 1. The topological polar surface area (TPSA) is 61.7 Å². The van der Waals surface area contributed by atoms with Crippen molar-refractivity contribution in [3.63, 3.8) is 0 Å². The van der Waals surface area contributed by atoms with Crippen LogP contribution in [0.3, 0.4) is 0 Å². The van der Waals surface area contributed by atoms with Crippen molar-refractivity contribution in [3.05, 3.63) is 12.4 Å². The smallest absolute Gasteiger partial charge is 0.236 e. The van der Waals surface area contributed by atoms with E-state index in [1.807, 2.05) is 42.0 Å². The monoisotopic (exact) mass is 305 g/mol. The van der Waals surface area contributed by atoms with E-state index in [0.717, 1.165) is 18.5 Å². The first-order valence-corrected chi connectivity index (χ1v) is 7.64. The molecule has 7 nitrogen and oxygen atoms in total. The molecule has 2 fully saturated rings. The van der Waals surface area contributed by atoms with E-state index in [4.69, 9.17) is 0 Å². The average molecular weight is 305 g/mol. The molecule has 0 N–H and O–H groups in total. The van der Waals surface area contributed by atoms with E-state index in [1.165, 1.54) is 0 Å². The molecule has 3 heterocycles. The van der Waals surface area contributed by atoms with Crippen LogP contribution >= 0.6 is 0 Å². The Morgan fingerprint density at radius 3 is 2.73 bits per heavy atom. The highest BCUT2D eigenvalue weighted by Crippen LogP contribution is 2.42. The lowest BCUT2D eigenvalue weighted by molar-refractivity contribution is -0.132. The van der Waals surface area contributed by atoms with Crippen LogP contribution in [-0.2, 0) is 16.6 Å². The SMILES string of the molecule is CN(C)CC(=O)N1CC[C@]2(CCN(c3cnn(C)c3)C2=O)C1. The molecule has 1 aromatic rings. The van der Waals surface area contributed by atoms with E-state index in [9.17, 15) is 9.59 Å². The number of aromatic nitrogens is 2. The first-order valence-electron chi connectivity index (χ1n) is 7.64. The normalized spacial score (nSPS) is 25.0. The van der Waals surface area contributed by atoms with Gasteiger partial charge in [0.05, 0.1) is 23.8 Å². The van der Waals surface area contributed by atoms with E-state index in [2.05, 4.69) is 5.10 Å². The number of hydrogen-bond donors (Lipinski definition) is 0. The van der Waals surface area contributed by atoms with Crippen LogP contribution in [0.4, 0.5) is 5.69 Å². The van der Waals surface area contributed by atoms with Crippen molar-refractivity contribution < 1.29 is 9.59 Å². The van der Waals surface area contributed by atoms with Gasteiger partial charge in [0.2, 0.25) is 11.8 Å². The Bertz CT molecular complexity index is 597. The Morgan fingerprint density at radius 2 is 2.09 bits per heavy atom. The molecule has 1 spiro atoms. The predicted octanol–water partition coefficient (Wildman–Crippen LogP) is -0.0629. The van der Waals surface area contributed by atoms with Gasteiger partial charge < -0.3 is 14.7 Å². The number of hydrogen-bond acceptors (Lipinski definition) is 4. The maximum atomic E-state index is 12.9. The second kappa shape index (κ2) is 5.39. The van der Waals surface area contributed by atoms with Gasteiger partial charge in [-0.2, -0.15) is 5.10 Å². The zero-order chi connectivity index (χ0) is 15.9. The fraction of sp³-hybridized carbons (Fsp3) is 0.667.